The molecule has 0 radical (unpaired) electrons. The van der Waals surface area contributed by atoms with Crippen molar-refractivity contribution in [3.8, 4) is 0 Å². The number of rotatable bonds is 16. The third-order valence-electron chi connectivity index (χ3n) is 6.59. The van der Waals surface area contributed by atoms with Gasteiger partial charge in [-0.1, -0.05) is 78.9 Å². The number of para-hydroxylation sites is 1. The standard InChI is InChI=1S/C32H37N5O6/c33-28(39)18-17-25(30(41)34-24-14-8-3-9-15-24)36-31(42)26(20-23-12-6-2-7-13-23)37-32(43)27(21-38)35-29(40)19-16-22-10-4-1-5-11-22/h1-15,25-27,38H,16-21H2,(H2,33,39)(H,34,41)(H,35,40)(H,36,42)(H,37,43)/t25-,26-,27-/m0/s1. The molecule has 0 aliphatic rings. The van der Waals surface area contributed by atoms with Crippen LogP contribution in [-0.4, -0.2) is 59.4 Å². The molecule has 3 rings (SSSR count). The molecule has 3 aromatic rings. The minimum absolute atomic E-state index is 0.0569. The summed E-state index contributed by atoms with van der Waals surface area (Å²) in [6.07, 6.45) is 0.372. The van der Waals surface area contributed by atoms with E-state index in [0.29, 0.717) is 12.1 Å². The van der Waals surface area contributed by atoms with E-state index in [2.05, 4.69) is 21.3 Å². The molecule has 3 aromatic carbocycles. The fraction of sp³-hybridized carbons (Fsp3) is 0.281. The topological polar surface area (TPSA) is 180 Å². The number of amides is 5. The van der Waals surface area contributed by atoms with Crippen molar-refractivity contribution in [2.75, 3.05) is 11.9 Å². The third kappa shape index (κ3) is 11.4. The minimum atomic E-state index is -1.30. The number of anilines is 1. The SMILES string of the molecule is NC(=O)CC[C@H](NC(=O)[C@H](Cc1ccccc1)NC(=O)[C@H](CO)NC(=O)CCc1ccccc1)C(=O)Nc1ccccc1. The number of hydrogen-bond acceptors (Lipinski definition) is 6. The Balaban J connectivity index is 1.71. The van der Waals surface area contributed by atoms with Crippen molar-refractivity contribution in [1.82, 2.24) is 16.0 Å². The Kier molecular flexibility index (Phi) is 12.9. The van der Waals surface area contributed by atoms with Gasteiger partial charge in [0.05, 0.1) is 6.61 Å². The first-order valence-corrected chi connectivity index (χ1v) is 14.0. The summed E-state index contributed by atoms with van der Waals surface area (Å²) in [5, 5.41) is 20.3. The van der Waals surface area contributed by atoms with Crippen LogP contribution in [0.1, 0.15) is 30.4 Å². The molecule has 11 heteroatoms. The van der Waals surface area contributed by atoms with Crippen LogP contribution in [-0.2, 0) is 36.8 Å². The van der Waals surface area contributed by atoms with Crippen LogP contribution in [0.3, 0.4) is 0 Å². The van der Waals surface area contributed by atoms with Gasteiger partial charge in [-0.05, 0) is 36.1 Å². The number of nitrogens with one attached hydrogen (secondary N) is 4. The molecule has 11 nitrogen and oxygen atoms in total. The second kappa shape index (κ2) is 17.0. The van der Waals surface area contributed by atoms with E-state index in [-0.39, 0.29) is 25.7 Å². The quantitative estimate of drug-likeness (QED) is 0.147. The normalized spacial score (nSPS) is 12.7. The fourth-order valence-corrected chi connectivity index (χ4v) is 4.27. The Labute approximate surface area is 250 Å². The number of carbonyl (C=O) groups is 5. The Morgan fingerprint density at radius 1 is 0.628 bits per heavy atom. The van der Waals surface area contributed by atoms with Crippen LogP contribution >= 0.6 is 0 Å². The molecule has 226 valence electrons. The molecule has 7 N–H and O–H groups in total. The number of benzene rings is 3. The van der Waals surface area contributed by atoms with Crippen LogP contribution in [0.4, 0.5) is 5.69 Å². The number of hydrogen-bond donors (Lipinski definition) is 6. The number of primary amides is 1. The van der Waals surface area contributed by atoms with Crippen LogP contribution in [0, 0.1) is 0 Å². The van der Waals surface area contributed by atoms with E-state index in [9.17, 15) is 29.1 Å². The molecular formula is C32H37N5O6. The third-order valence-corrected chi connectivity index (χ3v) is 6.59. The zero-order valence-electron chi connectivity index (χ0n) is 23.7. The Morgan fingerprint density at radius 2 is 1.16 bits per heavy atom. The van der Waals surface area contributed by atoms with Gasteiger partial charge in [-0.2, -0.15) is 0 Å². The van der Waals surface area contributed by atoms with Gasteiger partial charge in [0.25, 0.3) is 0 Å². The summed E-state index contributed by atoms with van der Waals surface area (Å²) in [6.45, 7) is -0.691. The molecule has 0 aliphatic heterocycles. The highest BCUT2D eigenvalue weighted by atomic mass is 16.3. The summed E-state index contributed by atoms with van der Waals surface area (Å²) in [4.78, 5) is 63.7. The lowest BCUT2D eigenvalue weighted by molar-refractivity contribution is -0.133. The van der Waals surface area contributed by atoms with E-state index in [1.165, 1.54) is 0 Å². The second-order valence-electron chi connectivity index (χ2n) is 9.96. The Morgan fingerprint density at radius 3 is 1.74 bits per heavy atom. The number of aliphatic hydroxyl groups excluding tert-OH is 1. The van der Waals surface area contributed by atoms with E-state index < -0.39 is 54.3 Å². The Hall–Kier alpha value is -5.03. The van der Waals surface area contributed by atoms with Gasteiger partial charge in [0.2, 0.25) is 29.5 Å². The lowest BCUT2D eigenvalue weighted by Gasteiger charge is -2.25. The van der Waals surface area contributed by atoms with Crippen molar-refractivity contribution >= 4 is 35.2 Å². The molecule has 3 atom stereocenters. The number of carbonyl (C=O) groups excluding carboxylic acids is 5. The summed E-state index contributed by atoms with van der Waals surface area (Å²) in [7, 11) is 0. The van der Waals surface area contributed by atoms with E-state index in [1.54, 1.807) is 60.7 Å². The smallest absolute Gasteiger partial charge is 0.246 e. The lowest BCUT2D eigenvalue weighted by atomic mass is 10.0. The predicted molar refractivity (Wildman–Crippen MR) is 161 cm³/mol. The fourth-order valence-electron chi connectivity index (χ4n) is 4.27. The first-order chi connectivity index (χ1) is 20.7. The van der Waals surface area contributed by atoms with Crippen molar-refractivity contribution in [2.24, 2.45) is 5.73 Å². The van der Waals surface area contributed by atoms with Crippen molar-refractivity contribution in [3.05, 3.63) is 102 Å². The van der Waals surface area contributed by atoms with Crippen molar-refractivity contribution in [3.63, 3.8) is 0 Å². The second-order valence-corrected chi connectivity index (χ2v) is 9.96. The van der Waals surface area contributed by atoms with Crippen LogP contribution in [0.15, 0.2) is 91.0 Å². The highest BCUT2D eigenvalue weighted by Crippen LogP contribution is 2.10. The van der Waals surface area contributed by atoms with Crippen LogP contribution < -0.4 is 27.0 Å². The van der Waals surface area contributed by atoms with Gasteiger partial charge in [-0.15, -0.1) is 0 Å². The highest BCUT2D eigenvalue weighted by Gasteiger charge is 2.30. The molecule has 0 unspecified atom stereocenters. The summed E-state index contributed by atoms with van der Waals surface area (Å²) in [5.41, 5.74) is 7.46. The van der Waals surface area contributed by atoms with Gasteiger partial charge < -0.3 is 32.1 Å². The largest absolute Gasteiger partial charge is 0.394 e. The lowest BCUT2D eigenvalue weighted by Crippen LogP contribution is -2.57. The van der Waals surface area contributed by atoms with Gasteiger partial charge in [0.1, 0.15) is 18.1 Å². The molecule has 0 heterocycles. The maximum Gasteiger partial charge on any atom is 0.246 e. The zero-order valence-corrected chi connectivity index (χ0v) is 23.7. The maximum absolute atomic E-state index is 13.5. The number of aryl methyl sites for hydroxylation is 1. The molecule has 0 spiro atoms. The average Bonchev–Trinajstić information content (AvgIpc) is 3.01. The Bertz CT molecular complexity index is 1350. The molecule has 0 fully saturated rings. The van der Waals surface area contributed by atoms with E-state index in [1.807, 2.05) is 30.3 Å². The minimum Gasteiger partial charge on any atom is -0.394 e. The van der Waals surface area contributed by atoms with Crippen LogP contribution in [0.5, 0.6) is 0 Å². The van der Waals surface area contributed by atoms with Gasteiger partial charge in [0, 0.05) is 24.9 Å². The monoisotopic (exact) mass is 587 g/mol. The first-order valence-electron chi connectivity index (χ1n) is 14.0. The van der Waals surface area contributed by atoms with E-state index >= 15 is 0 Å². The van der Waals surface area contributed by atoms with Gasteiger partial charge in [-0.25, -0.2) is 0 Å². The molecule has 0 aromatic heterocycles. The van der Waals surface area contributed by atoms with Crippen molar-refractivity contribution in [1.29, 1.82) is 0 Å². The van der Waals surface area contributed by atoms with Gasteiger partial charge in [0.15, 0.2) is 0 Å². The number of aliphatic hydroxyl groups is 1. The van der Waals surface area contributed by atoms with E-state index in [0.717, 1.165) is 11.1 Å². The summed E-state index contributed by atoms with van der Waals surface area (Å²) < 4.78 is 0. The van der Waals surface area contributed by atoms with Gasteiger partial charge in [-0.3, -0.25) is 24.0 Å². The average molecular weight is 588 g/mol. The molecule has 0 bridgehead atoms. The van der Waals surface area contributed by atoms with Crippen molar-refractivity contribution in [2.45, 2.75) is 50.2 Å². The predicted octanol–water partition coefficient (Wildman–Crippen LogP) is 1.21. The summed E-state index contributed by atoms with van der Waals surface area (Å²) >= 11 is 0. The zero-order chi connectivity index (χ0) is 31.0. The van der Waals surface area contributed by atoms with Crippen molar-refractivity contribution < 1.29 is 29.1 Å². The number of nitrogens with two attached hydrogens (primary N) is 1. The van der Waals surface area contributed by atoms with E-state index in [4.69, 9.17) is 5.73 Å². The molecular weight excluding hydrogens is 550 g/mol. The molecule has 0 saturated heterocycles. The molecule has 43 heavy (non-hydrogen) atoms. The summed E-state index contributed by atoms with van der Waals surface area (Å²) in [5.74, 6) is -3.11. The van der Waals surface area contributed by atoms with Gasteiger partial charge >= 0.3 is 0 Å². The maximum atomic E-state index is 13.5. The summed E-state index contributed by atoms with van der Waals surface area (Å²) in [6, 6.07) is 23.2. The molecule has 5 amide bonds. The molecule has 0 saturated carbocycles. The van der Waals surface area contributed by atoms with Crippen LogP contribution in [0.25, 0.3) is 0 Å². The molecule has 0 aliphatic carbocycles. The first kappa shape index (κ1) is 32.5. The van der Waals surface area contributed by atoms with Crippen LogP contribution in [0.2, 0.25) is 0 Å². The highest BCUT2D eigenvalue weighted by molar-refractivity contribution is 5.99.